The SMILES string of the molecule is OC[C@H]1O[C@@H](O[C@H]2[C@@H](O)[C@@H](CO)O[C@@H](O[C@H]3[C@@H](O)[C@@H](CO)O[C@@H](O[C@@H]4[C@@H](O)[C@H](O)O[C@H](CO)[C@@H]4O)[C@@H]3O)[C@@H]2O)[C@H](O)[C@@H](O)[C@H]1O. The Morgan fingerprint density at radius 1 is 0.333 bits per heavy atom. The zero-order chi connectivity index (χ0) is 33.3. The van der Waals surface area contributed by atoms with Gasteiger partial charge in [0.25, 0.3) is 0 Å². The van der Waals surface area contributed by atoms with Crippen LogP contribution in [0.5, 0.6) is 0 Å². The van der Waals surface area contributed by atoms with Crippen molar-refractivity contribution in [2.24, 2.45) is 0 Å². The van der Waals surface area contributed by atoms with Gasteiger partial charge in [0, 0.05) is 0 Å². The van der Waals surface area contributed by atoms with Crippen LogP contribution in [0.1, 0.15) is 0 Å². The Kier molecular flexibility index (Phi) is 12.8. The smallest absolute Gasteiger partial charge is 0.187 e. The van der Waals surface area contributed by atoms with Crippen LogP contribution in [0.3, 0.4) is 0 Å². The van der Waals surface area contributed by atoms with Gasteiger partial charge in [0.2, 0.25) is 0 Å². The van der Waals surface area contributed by atoms with Crippen LogP contribution in [0, 0.1) is 0 Å². The molecule has 4 rings (SSSR count). The Labute approximate surface area is 254 Å². The molecule has 21 heteroatoms. The Morgan fingerprint density at radius 3 is 1.02 bits per heavy atom. The lowest BCUT2D eigenvalue weighted by atomic mass is 9.95. The van der Waals surface area contributed by atoms with Gasteiger partial charge in [0.05, 0.1) is 26.4 Å². The third-order valence-corrected chi connectivity index (χ3v) is 8.21. The largest absolute Gasteiger partial charge is 0.394 e. The zero-order valence-electron chi connectivity index (χ0n) is 23.5. The van der Waals surface area contributed by atoms with Crippen molar-refractivity contribution in [3.63, 3.8) is 0 Å². The van der Waals surface area contributed by atoms with Gasteiger partial charge in [0.15, 0.2) is 25.2 Å². The number of aliphatic hydroxyl groups excluding tert-OH is 14. The minimum Gasteiger partial charge on any atom is -0.394 e. The molecule has 0 aromatic carbocycles. The maximum absolute atomic E-state index is 11.1. The molecule has 4 saturated heterocycles. The van der Waals surface area contributed by atoms with E-state index in [4.69, 9.17) is 33.2 Å². The van der Waals surface area contributed by atoms with Crippen LogP contribution in [-0.2, 0) is 33.2 Å². The van der Waals surface area contributed by atoms with E-state index in [0.29, 0.717) is 0 Å². The molecular formula is C24H42O21. The standard InChI is InChI=1S/C24H42O21/c25-1-5-9(29)13(33)14(34)22(40-5)44-19-11(31)7(3-27)42-24(16(19)36)45-20-12(32)8(4-28)41-23(17(20)37)43-18-10(30)6(2-26)39-21(38)15(18)35/h5-38H,1-4H2/t5-,6-,7-,8-,9+,10+,11+,12+,13+,14-,15-,16-,17-,18+,19+,20+,21-,22+,23+,24+/m1/s1. The molecule has 0 bridgehead atoms. The van der Waals surface area contributed by atoms with Gasteiger partial charge in [-0.3, -0.25) is 0 Å². The van der Waals surface area contributed by atoms with Gasteiger partial charge in [-0.2, -0.15) is 0 Å². The van der Waals surface area contributed by atoms with E-state index in [1.807, 2.05) is 0 Å². The Balaban J connectivity index is 1.53. The van der Waals surface area contributed by atoms with E-state index in [0.717, 1.165) is 0 Å². The molecule has 0 amide bonds. The molecule has 0 saturated carbocycles. The van der Waals surface area contributed by atoms with E-state index in [1.54, 1.807) is 0 Å². The first-order valence-electron chi connectivity index (χ1n) is 14.1. The molecule has 0 radical (unpaired) electrons. The van der Waals surface area contributed by atoms with Gasteiger partial charge in [-0.05, 0) is 0 Å². The highest BCUT2D eigenvalue weighted by molar-refractivity contribution is 4.97. The van der Waals surface area contributed by atoms with Gasteiger partial charge in [0.1, 0.15) is 97.7 Å². The lowest BCUT2D eigenvalue weighted by Crippen LogP contribution is -2.67. The van der Waals surface area contributed by atoms with Crippen molar-refractivity contribution in [2.45, 2.75) is 123 Å². The maximum Gasteiger partial charge on any atom is 0.187 e. The summed E-state index contributed by atoms with van der Waals surface area (Å²) >= 11 is 0. The molecule has 4 heterocycles. The van der Waals surface area contributed by atoms with E-state index in [-0.39, 0.29) is 0 Å². The molecule has 4 fully saturated rings. The molecule has 264 valence electrons. The molecule has 0 unspecified atom stereocenters. The van der Waals surface area contributed by atoms with Gasteiger partial charge < -0.3 is 105 Å². The molecule has 0 aliphatic carbocycles. The van der Waals surface area contributed by atoms with Gasteiger partial charge in [-0.15, -0.1) is 0 Å². The topological polar surface area (TPSA) is 348 Å². The van der Waals surface area contributed by atoms with Crippen LogP contribution >= 0.6 is 0 Å². The molecule has 4 aliphatic rings. The number of rotatable bonds is 10. The molecule has 20 atom stereocenters. The Bertz CT molecular complexity index is 916. The zero-order valence-corrected chi connectivity index (χ0v) is 23.5. The van der Waals surface area contributed by atoms with Crippen LogP contribution in [-0.4, -0.2) is 221 Å². The summed E-state index contributed by atoms with van der Waals surface area (Å²) in [7, 11) is 0. The quantitative estimate of drug-likeness (QED) is 0.103. The Hall–Kier alpha value is -0.840. The van der Waals surface area contributed by atoms with Crippen molar-refractivity contribution in [2.75, 3.05) is 26.4 Å². The van der Waals surface area contributed by atoms with E-state index in [1.165, 1.54) is 0 Å². The van der Waals surface area contributed by atoms with Crippen LogP contribution < -0.4 is 0 Å². The summed E-state index contributed by atoms with van der Waals surface area (Å²) in [5.74, 6) is 0. The number of ether oxygens (including phenoxy) is 7. The van der Waals surface area contributed by atoms with Crippen molar-refractivity contribution in [1.82, 2.24) is 0 Å². The van der Waals surface area contributed by atoms with Gasteiger partial charge >= 0.3 is 0 Å². The summed E-state index contributed by atoms with van der Waals surface area (Å²) in [6.45, 7) is -3.42. The van der Waals surface area contributed by atoms with E-state index in [9.17, 15) is 71.5 Å². The third-order valence-electron chi connectivity index (χ3n) is 8.21. The summed E-state index contributed by atoms with van der Waals surface area (Å²) in [4.78, 5) is 0. The van der Waals surface area contributed by atoms with Crippen molar-refractivity contribution in [3.05, 3.63) is 0 Å². The average Bonchev–Trinajstić information content (AvgIpc) is 3.02. The number of aliphatic hydroxyl groups is 14. The minimum absolute atomic E-state index is 0.802. The first-order chi connectivity index (χ1) is 21.3. The predicted octanol–water partition coefficient (Wildman–Crippen LogP) is -9.75. The molecule has 21 nitrogen and oxygen atoms in total. The highest BCUT2D eigenvalue weighted by Gasteiger charge is 2.55. The van der Waals surface area contributed by atoms with E-state index >= 15 is 0 Å². The molecule has 14 N–H and O–H groups in total. The molecule has 4 aliphatic heterocycles. The number of hydrogen-bond donors (Lipinski definition) is 14. The first-order valence-corrected chi connectivity index (χ1v) is 14.1. The molecule has 0 aromatic heterocycles. The Morgan fingerprint density at radius 2 is 0.644 bits per heavy atom. The normalized spacial score (nSPS) is 52.9. The van der Waals surface area contributed by atoms with Crippen molar-refractivity contribution < 1.29 is 105 Å². The summed E-state index contributed by atoms with van der Waals surface area (Å²) < 4.78 is 37.5. The van der Waals surface area contributed by atoms with Crippen molar-refractivity contribution in [3.8, 4) is 0 Å². The molecular weight excluding hydrogens is 624 g/mol. The lowest BCUT2D eigenvalue weighted by Gasteiger charge is -2.49. The predicted molar refractivity (Wildman–Crippen MR) is 134 cm³/mol. The fourth-order valence-electron chi connectivity index (χ4n) is 5.53. The highest BCUT2D eigenvalue weighted by atomic mass is 16.8. The lowest BCUT2D eigenvalue weighted by molar-refractivity contribution is -0.389. The second-order valence-corrected chi connectivity index (χ2v) is 11.1. The summed E-state index contributed by atoms with van der Waals surface area (Å²) in [6.07, 6.45) is -36.1. The van der Waals surface area contributed by atoms with Gasteiger partial charge in [-0.25, -0.2) is 0 Å². The van der Waals surface area contributed by atoms with Crippen molar-refractivity contribution in [1.29, 1.82) is 0 Å². The van der Waals surface area contributed by atoms with Gasteiger partial charge in [-0.1, -0.05) is 0 Å². The molecule has 0 spiro atoms. The van der Waals surface area contributed by atoms with E-state index < -0.39 is 149 Å². The monoisotopic (exact) mass is 666 g/mol. The number of hydrogen-bond acceptors (Lipinski definition) is 21. The van der Waals surface area contributed by atoms with Crippen molar-refractivity contribution >= 4 is 0 Å². The molecule has 45 heavy (non-hydrogen) atoms. The van der Waals surface area contributed by atoms with Crippen LogP contribution in [0.25, 0.3) is 0 Å². The average molecular weight is 667 g/mol. The molecule has 0 aromatic rings. The van der Waals surface area contributed by atoms with Crippen LogP contribution in [0.2, 0.25) is 0 Å². The third kappa shape index (κ3) is 7.44. The minimum atomic E-state index is -2.05. The highest BCUT2D eigenvalue weighted by Crippen LogP contribution is 2.34. The fourth-order valence-corrected chi connectivity index (χ4v) is 5.53. The first kappa shape index (κ1) is 37.0. The van der Waals surface area contributed by atoms with E-state index in [2.05, 4.69) is 0 Å². The maximum atomic E-state index is 11.1. The van der Waals surface area contributed by atoms with Crippen LogP contribution in [0.15, 0.2) is 0 Å². The summed E-state index contributed by atoms with van der Waals surface area (Å²) in [5, 5.41) is 143. The second kappa shape index (κ2) is 15.6. The summed E-state index contributed by atoms with van der Waals surface area (Å²) in [5.41, 5.74) is 0. The second-order valence-electron chi connectivity index (χ2n) is 11.1. The fraction of sp³-hybridized carbons (Fsp3) is 1.00. The summed E-state index contributed by atoms with van der Waals surface area (Å²) in [6, 6.07) is 0. The van der Waals surface area contributed by atoms with Crippen LogP contribution in [0.4, 0.5) is 0 Å².